The van der Waals surface area contributed by atoms with E-state index in [1.807, 2.05) is 6.92 Å². The first-order chi connectivity index (χ1) is 7.12. The van der Waals surface area contributed by atoms with Crippen LogP contribution in [0.5, 0.6) is 0 Å². The largest absolute Gasteiger partial charge is 0.393 e. The topological polar surface area (TPSA) is 55.1 Å². The van der Waals surface area contributed by atoms with Gasteiger partial charge >= 0.3 is 0 Å². The minimum absolute atomic E-state index is 0.0592. The van der Waals surface area contributed by atoms with Gasteiger partial charge in [0.05, 0.1) is 4.99 Å². The van der Waals surface area contributed by atoms with Crippen LogP contribution in [0.4, 0.5) is 0 Å². The zero-order chi connectivity index (χ0) is 12.7. The Hall–Kier alpha value is -0.640. The molecule has 1 saturated carbocycles. The molecule has 4 heteroatoms. The van der Waals surface area contributed by atoms with Crippen LogP contribution in [0.2, 0.25) is 0 Å². The number of carbonyl (C=O) groups is 1. The zero-order valence-electron chi connectivity index (χ0n) is 10.8. The maximum Gasteiger partial charge on any atom is 0.224 e. The normalized spacial score (nSPS) is 23.6. The molecule has 1 fully saturated rings. The number of rotatable bonds is 4. The van der Waals surface area contributed by atoms with Crippen LogP contribution in [0.3, 0.4) is 0 Å². The highest BCUT2D eigenvalue weighted by Crippen LogP contribution is 2.68. The molecule has 0 heterocycles. The van der Waals surface area contributed by atoms with Crippen molar-refractivity contribution in [3.63, 3.8) is 0 Å². The van der Waals surface area contributed by atoms with Crippen molar-refractivity contribution in [2.24, 2.45) is 28.4 Å². The summed E-state index contributed by atoms with van der Waals surface area (Å²) in [6, 6.07) is 0. The number of hydrogen-bond acceptors (Lipinski definition) is 2. The average Bonchev–Trinajstić information content (AvgIpc) is 2.53. The summed E-state index contributed by atoms with van der Waals surface area (Å²) in [5.41, 5.74) is 5.67. The van der Waals surface area contributed by atoms with E-state index in [1.165, 1.54) is 0 Å². The molecule has 1 atom stereocenters. The summed E-state index contributed by atoms with van der Waals surface area (Å²) < 4.78 is 0. The molecular formula is C12H22N2OS. The van der Waals surface area contributed by atoms with Gasteiger partial charge in [-0.3, -0.25) is 4.79 Å². The molecule has 16 heavy (non-hydrogen) atoms. The van der Waals surface area contributed by atoms with Crippen molar-refractivity contribution in [2.45, 2.75) is 34.6 Å². The summed E-state index contributed by atoms with van der Waals surface area (Å²) in [6.07, 6.45) is 0. The monoisotopic (exact) mass is 242 g/mol. The molecule has 92 valence electrons. The molecule has 1 amide bonds. The van der Waals surface area contributed by atoms with Crippen LogP contribution >= 0.6 is 12.2 Å². The van der Waals surface area contributed by atoms with Crippen molar-refractivity contribution >= 4 is 23.1 Å². The Balaban J connectivity index is 2.48. The van der Waals surface area contributed by atoms with Gasteiger partial charge in [-0.2, -0.15) is 0 Å². The van der Waals surface area contributed by atoms with Crippen molar-refractivity contribution in [3.05, 3.63) is 0 Å². The van der Waals surface area contributed by atoms with E-state index in [9.17, 15) is 4.79 Å². The van der Waals surface area contributed by atoms with Gasteiger partial charge in [-0.15, -0.1) is 0 Å². The third kappa shape index (κ3) is 2.08. The van der Waals surface area contributed by atoms with Crippen LogP contribution in [-0.2, 0) is 4.79 Å². The first kappa shape index (κ1) is 13.4. The first-order valence-electron chi connectivity index (χ1n) is 5.69. The Morgan fingerprint density at radius 2 is 1.81 bits per heavy atom. The summed E-state index contributed by atoms with van der Waals surface area (Å²) in [5, 5.41) is 2.93. The van der Waals surface area contributed by atoms with E-state index >= 15 is 0 Å². The highest BCUT2D eigenvalue weighted by Gasteiger charge is 2.68. The van der Waals surface area contributed by atoms with E-state index < -0.39 is 0 Å². The maximum atomic E-state index is 12.0. The molecule has 1 unspecified atom stereocenters. The first-order valence-corrected chi connectivity index (χ1v) is 6.10. The fourth-order valence-electron chi connectivity index (χ4n) is 2.31. The lowest BCUT2D eigenvalue weighted by molar-refractivity contribution is -0.123. The lowest BCUT2D eigenvalue weighted by atomic mass is 10.0. The highest BCUT2D eigenvalue weighted by atomic mass is 32.1. The summed E-state index contributed by atoms with van der Waals surface area (Å²) in [5.74, 6) is 0.278. The molecule has 0 aromatic heterocycles. The number of nitrogens with one attached hydrogen (secondary N) is 1. The van der Waals surface area contributed by atoms with Gasteiger partial charge in [-0.25, -0.2) is 0 Å². The molecule has 0 aromatic carbocycles. The van der Waals surface area contributed by atoms with Crippen molar-refractivity contribution in [2.75, 3.05) is 6.54 Å². The fourth-order valence-corrected chi connectivity index (χ4v) is 2.39. The Kier molecular flexibility index (Phi) is 3.34. The standard InChI is InChI=1S/C12H22N2OS/c1-7(9(13)16)6-14-10(15)8-11(2,3)12(8,4)5/h7-8H,6H2,1-5H3,(H2,13,16)(H,14,15). The van der Waals surface area contributed by atoms with Crippen LogP contribution in [-0.4, -0.2) is 17.4 Å². The van der Waals surface area contributed by atoms with E-state index in [0.29, 0.717) is 11.5 Å². The number of amides is 1. The van der Waals surface area contributed by atoms with E-state index in [0.717, 1.165) is 0 Å². The molecule has 0 aromatic rings. The van der Waals surface area contributed by atoms with E-state index in [4.69, 9.17) is 18.0 Å². The Morgan fingerprint density at radius 1 is 1.38 bits per heavy atom. The van der Waals surface area contributed by atoms with E-state index in [1.54, 1.807) is 0 Å². The Bertz CT molecular complexity index is 309. The molecule has 1 rings (SSSR count). The van der Waals surface area contributed by atoms with Crippen LogP contribution in [0.1, 0.15) is 34.6 Å². The maximum absolute atomic E-state index is 12.0. The van der Waals surface area contributed by atoms with Gasteiger partial charge in [0.15, 0.2) is 0 Å². The second-order valence-electron chi connectivity index (χ2n) is 5.92. The molecule has 0 spiro atoms. The Morgan fingerprint density at radius 3 is 2.12 bits per heavy atom. The zero-order valence-corrected chi connectivity index (χ0v) is 11.6. The lowest BCUT2D eigenvalue weighted by Crippen LogP contribution is -2.35. The van der Waals surface area contributed by atoms with Crippen LogP contribution in [0.25, 0.3) is 0 Å². The van der Waals surface area contributed by atoms with Crippen LogP contribution < -0.4 is 11.1 Å². The lowest BCUT2D eigenvalue weighted by Gasteiger charge is -2.11. The van der Waals surface area contributed by atoms with E-state index in [2.05, 4.69) is 33.0 Å². The summed E-state index contributed by atoms with van der Waals surface area (Å²) in [6.45, 7) is 11.0. The predicted octanol–water partition coefficient (Wildman–Crippen LogP) is 1.71. The highest BCUT2D eigenvalue weighted by molar-refractivity contribution is 7.80. The molecule has 0 saturated heterocycles. The van der Waals surface area contributed by atoms with Gasteiger partial charge in [-0.05, 0) is 10.8 Å². The Labute approximate surface area is 103 Å². The van der Waals surface area contributed by atoms with Gasteiger partial charge < -0.3 is 11.1 Å². The number of hydrogen-bond donors (Lipinski definition) is 2. The molecule has 0 radical (unpaired) electrons. The van der Waals surface area contributed by atoms with Crippen LogP contribution in [0.15, 0.2) is 0 Å². The third-order valence-corrected chi connectivity index (χ3v) is 4.75. The van der Waals surface area contributed by atoms with Crippen LogP contribution in [0, 0.1) is 22.7 Å². The van der Waals surface area contributed by atoms with Gasteiger partial charge in [0, 0.05) is 18.4 Å². The van der Waals surface area contributed by atoms with Gasteiger partial charge in [0.2, 0.25) is 5.91 Å². The molecule has 0 bridgehead atoms. The van der Waals surface area contributed by atoms with E-state index in [-0.39, 0.29) is 28.6 Å². The second kappa shape index (κ2) is 3.99. The summed E-state index contributed by atoms with van der Waals surface area (Å²) in [4.78, 5) is 12.4. The number of thiocarbonyl (C=S) groups is 1. The second-order valence-corrected chi connectivity index (χ2v) is 6.40. The van der Waals surface area contributed by atoms with Gasteiger partial charge in [-0.1, -0.05) is 46.8 Å². The minimum Gasteiger partial charge on any atom is -0.393 e. The fraction of sp³-hybridized carbons (Fsp3) is 0.833. The minimum atomic E-state index is 0.0592. The smallest absolute Gasteiger partial charge is 0.224 e. The molecule has 1 aliphatic rings. The SMILES string of the molecule is CC(CNC(=O)C1C(C)(C)C1(C)C)C(N)=S. The average molecular weight is 242 g/mol. The molecular weight excluding hydrogens is 220 g/mol. The third-order valence-electron chi connectivity index (χ3n) is 4.35. The summed E-state index contributed by atoms with van der Waals surface area (Å²) in [7, 11) is 0. The van der Waals surface area contributed by atoms with Crippen molar-refractivity contribution < 1.29 is 4.79 Å². The predicted molar refractivity (Wildman–Crippen MR) is 70.0 cm³/mol. The van der Waals surface area contributed by atoms with Crippen molar-refractivity contribution in [1.29, 1.82) is 0 Å². The van der Waals surface area contributed by atoms with Crippen molar-refractivity contribution in [1.82, 2.24) is 5.32 Å². The number of carbonyl (C=O) groups excluding carboxylic acids is 1. The number of nitrogens with two attached hydrogens (primary N) is 1. The molecule has 0 aliphatic heterocycles. The molecule has 1 aliphatic carbocycles. The summed E-state index contributed by atoms with van der Waals surface area (Å²) >= 11 is 4.87. The molecule has 3 nitrogen and oxygen atoms in total. The van der Waals surface area contributed by atoms with Crippen molar-refractivity contribution in [3.8, 4) is 0 Å². The van der Waals surface area contributed by atoms with Gasteiger partial charge in [0.25, 0.3) is 0 Å². The molecule has 3 N–H and O–H groups in total. The van der Waals surface area contributed by atoms with Gasteiger partial charge in [0.1, 0.15) is 0 Å². The quantitative estimate of drug-likeness (QED) is 0.738.